The lowest BCUT2D eigenvalue weighted by molar-refractivity contribution is 0.0307. The van der Waals surface area contributed by atoms with Gasteiger partial charge in [-0.05, 0) is 56.9 Å². The zero-order valence-corrected chi connectivity index (χ0v) is 10.3. The maximum atomic E-state index is 10.7. The second-order valence-corrected chi connectivity index (χ2v) is 5.55. The highest BCUT2D eigenvalue weighted by Gasteiger charge is 2.34. The highest BCUT2D eigenvalue weighted by Crippen LogP contribution is 2.37. The van der Waals surface area contributed by atoms with Crippen molar-refractivity contribution in [3.63, 3.8) is 0 Å². The zero-order valence-electron chi connectivity index (χ0n) is 10.3. The monoisotopic (exact) mass is 223 g/mol. The summed E-state index contributed by atoms with van der Waals surface area (Å²) in [4.78, 5) is 0. The second-order valence-electron chi connectivity index (χ2n) is 5.55. The highest BCUT2D eigenvalue weighted by molar-refractivity contribution is 5.18. The van der Waals surface area contributed by atoms with Gasteiger partial charge in [0.2, 0.25) is 0 Å². The van der Waals surface area contributed by atoms with E-state index >= 15 is 0 Å². The van der Waals surface area contributed by atoms with Crippen LogP contribution in [0.1, 0.15) is 64.2 Å². The third-order valence-corrected chi connectivity index (χ3v) is 4.25. The highest BCUT2D eigenvalue weighted by atomic mass is 16.3. The molecule has 0 radical (unpaired) electrons. The molecule has 2 rings (SSSR count). The first-order valence-electron chi connectivity index (χ1n) is 6.88. The van der Waals surface area contributed by atoms with Gasteiger partial charge >= 0.3 is 0 Å². The van der Waals surface area contributed by atoms with E-state index in [4.69, 9.17) is 5.73 Å². The summed E-state index contributed by atoms with van der Waals surface area (Å²) >= 11 is 0. The fourth-order valence-corrected chi connectivity index (χ4v) is 3.05. The summed E-state index contributed by atoms with van der Waals surface area (Å²) in [6.45, 7) is 0. The van der Waals surface area contributed by atoms with Crippen LogP contribution < -0.4 is 5.73 Å². The fraction of sp³-hybridized carbons (Fsp3) is 0.857. The van der Waals surface area contributed by atoms with Crippen LogP contribution in [0.5, 0.6) is 0 Å². The molecule has 0 aromatic heterocycles. The van der Waals surface area contributed by atoms with Gasteiger partial charge in [0.1, 0.15) is 0 Å². The lowest BCUT2D eigenvalue weighted by Gasteiger charge is -2.37. The van der Waals surface area contributed by atoms with E-state index in [2.05, 4.69) is 6.08 Å². The Bertz CT molecular complexity index is 251. The Labute approximate surface area is 98.9 Å². The molecule has 2 nitrogen and oxygen atoms in total. The Hall–Kier alpha value is -0.340. The molecule has 0 aliphatic heterocycles. The van der Waals surface area contributed by atoms with Crippen LogP contribution in [0, 0.1) is 0 Å². The number of aliphatic hydroxyl groups is 1. The van der Waals surface area contributed by atoms with Gasteiger partial charge in [-0.3, -0.25) is 0 Å². The zero-order chi connectivity index (χ0) is 11.4. The predicted octanol–water partition coefficient (Wildman–Crippen LogP) is 2.90. The molecule has 1 saturated carbocycles. The third kappa shape index (κ3) is 2.86. The van der Waals surface area contributed by atoms with E-state index in [1.807, 2.05) is 0 Å². The lowest BCUT2D eigenvalue weighted by Crippen LogP contribution is -2.40. The summed E-state index contributed by atoms with van der Waals surface area (Å²) in [7, 11) is 0. The standard InChI is InChI=1S/C14H25NO/c15-13-8-10-14(16,11-9-13)12-6-4-2-1-3-5-7-12/h6,13,16H,1-5,7-11,15H2. The van der Waals surface area contributed by atoms with E-state index in [0.29, 0.717) is 6.04 Å². The van der Waals surface area contributed by atoms with E-state index in [9.17, 15) is 5.11 Å². The third-order valence-electron chi connectivity index (χ3n) is 4.25. The minimum absolute atomic E-state index is 0.314. The van der Waals surface area contributed by atoms with Crippen molar-refractivity contribution < 1.29 is 5.11 Å². The molecular weight excluding hydrogens is 198 g/mol. The molecule has 2 aliphatic carbocycles. The van der Waals surface area contributed by atoms with Gasteiger partial charge in [0.15, 0.2) is 0 Å². The molecule has 0 heterocycles. The van der Waals surface area contributed by atoms with Crippen LogP contribution >= 0.6 is 0 Å². The average Bonchev–Trinajstić information content (AvgIpc) is 2.22. The molecule has 16 heavy (non-hydrogen) atoms. The van der Waals surface area contributed by atoms with E-state index in [-0.39, 0.29) is 0 Å². The van der Waals surface area contributed by atoms with E-state index < -0.39 is 5.60 Å². The van der Waals surface area contributed by atoms with Crippen molar-refractivity contribution >= 4 is 0 Å². The summed E-state index contributed by atoms with van der Waals surface area (Å²) < 4.78 is 0. The Kier molecular flexibility index (Phi) is 4.04. The van der Waals surface area contributed by atoms with Gasteiger partial charge in [0.25, 0.3) is 0 Å². The smallest absolute Gasteiger partial charge is 0.0857 e. The van der Waals surface area contributed by atoms with Gasteiger partial charge in [-0.25, -0.2) is 0 Å². The number of rotatable bonds is 1. The topological polar surface area (TPSA) is 46.2 Å². The fourth-order valence-electron chi connectivity index (χ4n) is 3.05. The van der Waals surface area contributed by atoms with Crippen LogP contribution in [0.4, 0.5) is 0 Å². The number of nitrogens with two attached hydrogens (primary N) is 1. The molecule has 2 heteroatoms. The first kappa shape index (κ1) is 12.1. The van der Waals surface area contributed by atoms with Crippen LogP contribution in [0.2, 0.25) is 0 Å². The molecule has 92 valence electrons. The van der Waals surface area contributed by atoms with Crippen LogP contribution in [0.25, 0.3) is 0 Å². The Morgan fingerprint density at radius 3 is 2.56 bits per heavy atom. The van der Waals surface area contributed by atoms with Crippen LogP contribution in [-0.2, 0) is 0 Å². The van der Waals surface area contributed by atoms with Crippen molar-refractivity contribution in [3.05, 3.63) is 11.6 Å². The molecular formula is C14H25NO. The molecule has 0 atom stereocenters. The van der Waals surface area contributed by atoms with Crippen molar-refractivity contribution in [2.75, 3.05) is 0 Å². The lowest BCUT2D eigenvalue weighted by atomic mass is 9.75. The van der Waals surface area contributed by atoms with E-state index in [1.165, 1.54) is 31.3 Å². The van der Waals surface area contributed by atoms with Gasteiger partial charge in [-0.2, -0.15) is 0 Å². The van der Waals surface area contributed by atoms with Gasteiger partial charge in [0, 0.05) is 6.04 Å². The minimum atomic E-state index is -0.507. The molecule has 3 N–H and O–H groups in total. The first-order chi connectivity index (χ1) is 7.71. The Balaban J connectivity index is 2.03. The molecule has 1 fully saturated rings. The summed E-state index contributed by atoms with van der Waals surface area (Å²) in [5, 5.41) is 10.7. The molecule has 2 aliphatic rings. The van der Waals surface area contributed by atoms with Gasteiger partial charge in [-0.15, -0.1) is 0 Å². The van der Waals surface area contributed by atoms with Gasteiger partial charge in [-0.1, -0.05) is 18.9 Å². The SMILES string of the molecule is NC1CCC(O)(C2=CCCCCCC2)CC1. The minimum Gasteiger partial charge on any atom is -0.386 e. The number of hydrogen-bond acceptors (Lipinski definition) is 2. The second kappa shape index (κ2) is 5.33. The summed E-state index contributed by atoms with van der Waals surface area (Å²) in [5.74, 6) is 0. The Morgan fingerprint density at radius 2 is 1.81 bits per heavy atom. The maximum absolute atomic E-state index is 10.7. The normalized spacial score (nSPS) is 37.4. The summed E-state index contributed by atoms with van der Waals surface area (Å²) in [6.07, 6.45) is 13.5. The average molecular weight is 223 g/mol. The molecule has 0 unspecified atom stereocenters. The predicted molar refractivity (Wildman–Crippen MR) is 67.2 cm³/mol. The quantitative estimate of drug-likeness (QED) is 0.671. The van der Waals surface area contributed by atoms with Crippen LogP contribution in [0.3, 0.4) is 0 Å². The molecule has 0 amide bonds. The van der Waals surface area contributed by atoms with Crippen molar-refractivity contribution in [2.24, 2.45) is 5.73 Å². The van der Waals surface area contributed by atoms with E-state index in [0.717, 1.165) is 38.5 Å². The first-order valence-corrected chi connectivity index (χ1v) is 6.88. The van der Waals surface area contributed by atoms with Crippen molar-refractivity contribution in [2.45, 2.75) is 75.9 Å². The molecule has 0 spiro atoms. The van der Waals surface area contributed by atoms with Gasteiger partial charge in [0.05, 0.1) is 5.60 Å². The van der Waals surface area contributed by atoms with Gasteiger partial charge < -0.3 is 10.8 Å². The molecule has 0 aromatic rings. The molecule has 0 saturated heterocycles. The van der Waals surface area contributed by atoms with Crippen molar-refractivity contribution in [1.29, 1.82) is 0 Å². The van der Waals surface area contributed by atoms with E-state index in [1.54, 1.807) is 0 Å². The molecule has 0 bridgehead atoms. The Morgan fingerprint density at radius 1 is 1.12 bits per heavy atom. The number of allylic oxidation sites excluding steroid dienone is 1. The largest absolute Gasteiger partial charge is 0.386 e. The summed E-state index contributed by atoms with van der Waals surface area (Å²) in [5.41, 5.74) is 6.72. The maximum Gasteiger partial charge on any atom is 0.0857 e. The number of hydrogen-bond donors (Lipinski definition) is 2. The van der Waals surface area contributed by atoms with Crippen LogP contribution in [0.15, 0.2) is 11.6 Å². The van der Waals surface area contributed by atoms with Crippen molar-refractivity contribution in [1.82, 2.24) is 0 Å². The molecule has 0 aromatic carbocycles. The van der Waals surface area contributed by atoms with Crippen molar-refractivity contribution in [3.8, 4) is 0 Å². The summed E-state index contributed by atoms with van der Waals surface area (Å²) in [6, 6.07) is 0.314. The van der Waals surface area contributed by atoms with Crippen LogP contribution in [-0.4, -0.2) is 16.7 Å².